The molecule has 10 rings (SSSR count). The number of anilines is 3. The third kappa shape index (κ3) is 5.10. The van der Waals surface area contributed by atoms with Crippen LogP contribution in [0.25, 0.3) is 66.4 Å². The van der Waals surface area contributed by atoms with Crippen molar-refractivity contribution in [2.45, 2.75) is 19.3 Å². The summed E-state index contributed by atoms with van der Waals surface area (Å²) in [5, 5.41) is 1.47. The van der Waals surface area contributed by atoms with Crippen molar-refractivity contribution in [2.75, 3.05) is 4.90 Å². The Hall–Kier alpha value is -6.64. The Labute approximate surface area is 322 Å². The molecule has 1 aliphatic rings. The fourth-order valence-electron chi connectivity index (χ4n) is 7.89. The quantitative estimate of drug-likeness (QED) is 0.173. The van der Waals surface area contributed by atoms with Gasteiger partial charge in [-0.05, 0) is 104 Å². The van der Waals surface area contributed by atoms with E-state index >= 15 is 0 Å². The molecule has 0 spiro atoms. The van der Waals surface area contributed by atoms with E-state index in [2.05, 4.69) is 50.2 Å². The van der Waals surface area contributed by atoms with E-state index in [1.165, 1.54) is 0 Å². The molecular weight excluding hydrogens is 643 g/mol. The summed E-state index contributed by atoms with van der Waals surface area (Å²) >= 11 is 0. The molecule has 0 N–H and O–H groups in total. The van der Waals surface area contributed by atoms with Gasteiger partial charge in [-0.25, -0.2) is 0 Å². The molecular formula is C51H37NO. The Morgan fingerprint density at radius 1 is 0.491 bits per heavy atom. The highest BCUT2D eigenvalue weighted by atomic mass is 16.3. The van der Waals surface area contributed by atoms with Crippen LogP contribution in [-0.4, -0.2) is 0 Å². The highest BCUT2D eigenvalue weighted by Gasteiger charge is 2.38. The third-order valence-electron chi connectivity index (χ3n) is 10.4. The SMILES string of the molecule is [2H]c1c([2H])c([2H])c(-c2c([2H])c([2H])c(N(c3cc(-c4ccccc4)c4c(c3)C(C)(C)c3ccccc3-4)c3cccc4oc5ccc(-c6ccccc6)cc5c34)c([2H])c2[2H])c([2H])c1[2H]. The average molecular weight is 689 g/mol. The zero-order valence-corrected chi connectivity index (χ0v) is 29.1. The minimum atomic E-state index is -0.632. The van der Waals surface area contributed by atoms with Crippen LogP contribution in [0.1, 0.15) is 37.3 Å². The molecule has 0 unspecified atom stereocenters. The summed E-state index contributed by atoms with van der Waals surface area (Å²) in [4.78, 5) is 1.77. The van der Waals surface area contributed by atoms with Gasteiger partial charge in [-0.15, -0.1) is 0 Å². The van der Waals surface area contributed by atoms with Gasteiger partial charge < -0.3 is 9.32 Å². The van der Waals surface area contributed by atoms with E-state index in [1.54, 1.807) is 4.90 Å². The monoisotopic (exact) mass is 688 g/mol. The lowest BCUT2D eigenvalue weighted by molar-refractivity contribution is 0.660. The molecule has 9 aromatic rings. The van der Waals surface area contributed by atoms with Gasteiger partial charge in [-0.2, -0.15) is 0 Å². The summed E-state index contributed by atoms with van der Waals surface area (Å²) in [6.45, 7) is 4.36. The molecule has 0 amide bonds. The molecule has 252 valence electrons. The largest absolute Gasteiger partial charge is 0.456 e. The van der Waals surface area contributed by atoms with Crippen molar-refractivity contribution < 1.29 is 16.8 Å². The third-order valence-corrected chi connectivity index (χ3v) is 10.4. The maximum Gasteiger partial charge on any atom is 0.137 e. The van der Waals surface area contributed by atoms with Crippen molar-refractivity contribution in [3.63, 3.8) is 0 Å². The summed E-state index contributed by atoms with van der Waals surface area (Å²) in [6, 6.07) is 39.0. The first-order valence-corrected chi connectivity index (χ1v) is 17.6. The van der Waals surface area contributed by atoms with Gasteiger partial charge in [0.2, 0.25) is 0 Å². The van der Waals surface area contributed by atoms with E-state index < -0.39 is 65.4 Å². The number of rotatable bonds is 6. The van der Waals surface area contributed by atoms with E-state index in [-0.39, 0.29) is 11.3 Å². The normalized spacial score (nSPS) is 15.2. The predicted molar refractivity (Wildman–Crippen MR) is 222 cm³/mol. The number of benzene rings is 8. The lowest BCUT2D eigenvalue weighted by Gasteiger charge is -2.30. The first-order chi connectivity index (χ1) is 29.8. The second kappa shape index (κ2) is 12.3. The molecule has 0 saturated heterocycles. The van der Waals surface area contributed by atoms with E-state index in [9.17, 15) is 5.48 Å². The van der Waals surface area contributed by atoms with Crippen LogP contribution >= 0.6 is 0 Å². The lowest BCUT2D eigenvalue weighted by Crippen LogP contribution is -2.17. The second-order valence-electron chi connectivity index (χ2n) is 13.8. The van der Waals surface area contributed by atoms with Crippen molar-refractivity contribution in [2.24, 2.45) is 0 Å². The molecule has 2 heteroatoms. The predicted octanol–water partition coefficient (Wildman–Crippen LogP) is 14.4. The summed E-state index contributed by atoms with van der Waals surface area (Å²) in [5.74, 6) is 0. The van der Waals surface area contributed by atoms with E-state index in [4.69, 9.17) is 11.3 Å². The zero-order chi connectivity index (χ0) is 43.4. The van der Waals surface area contributed by atoms with Gasteiger partial charge in [-0.1, -0.05) is 153 Å². The molecule has 0 radical (unpaired) electrons. The van der Waals surface area contributed by atoms with Crippen LogP contribution in [0.2, 0.25) is 0 Å². The van der Waals surface area contributed by atoms with Crippen molar-refractivity contribution in [1.82, 2.24) is 0 Å². The number of hydrogen-bond donors (Lipinski definition) is 0. The summed E-state index contributed by atoms with van der Waals surface area (Å²) in [5.41, 5.74) is 9.13. The van der Waals surface area contributed by atoms with Crippen LogP contribution in [0.15, 0.2) is 192 Å². The maximum atomic E-state index is 9.77. The Bertz CT molecular complexity index is 3270. The molecule has 0 aliphatic heterocycles. The van der Waals surface area contributed by atoms with Crippen molar-refractivity contribution in [1.29, 1.82) is 0 Å². The fraction of sp³-hybridized carbons (Fsp3) is 0.0588. The van der Waals surface area contributed by atoms with Gasteiger partial charge in [0.05, 0.1) is 23.4 Å². The van der Waals surface area contributed by atoms with Crippen molar-refractivity contribution >= 4 is 39.0 Å². The number of hydrogen-bond acceptors (Lipinski definition) is 2. The summed E-state index contributed by atoms with van der Waals surface area (Å²) in [7, 11) is 0. The molecule has 0 bridgehead atoms. The number of furan rings is 1. The molecule has 0 atom stereocenters. The topological polar surface area (TPSA) is 16.4 Å². The Balaban J connectivity index is 1.33. The Kier molecular flexibility index (Phi) is 5.32. The van der Waals surface area contributed by atoms with Gasteiger partial charge in [0, 0.05) is 22.2 Å². The first-order valence-electron chi connectivity index (χ1n) is 22.1. The summed E-state index contributed by atoms with van der Waals surface area (Å²) in [6.07, 6.45) is 0. The highest BCUT2D eigenvalue weighted by Crippen LogP contribution is 2.55. The summed E-state index contributed by atoms with van der Waals surface area (Å²) < 4.78 is 87.3. The Morgan fingerprint density at radius 2 is 1.19 bits per heavy atom. The van der Waals surface area contributed by atoms with Gasteiger partial charge in [0.25, 0.3) is 0 Å². The molecule has 0 saturated carbocycles. The van der Waals surface area contributed by atoms with Crippen LogP contribution < -0.4 is 4.90 Å². The van der Waals surface area contributed by atoms with Crippen LogP contribution in [-0.2, 0) is 5.41 Å². The molecule has 2 nitrogen and oxygen atoms in total. The molecule has 0 fully saturated rings. The van der Waals surface area contributed by atoms with E-state index in [0.29, 0.717) is 27.9 Å². The molecule has 1 aromatic heterocycles. The minimum Gasteiger partial charge on any atom is -0.456 e. The fourth-order valence-corrected chi connectivity index (χ4v) is 7.89. The molecule has 1 aliphatic carbocycles. The maximum absolute atomic E-state index is 9.77. The van der Waals surface area contributed by atoms with E-state index in [1.807, 2.05) is 97.1 Å². The van der Waals surface area contributed by atoms with Crippen molar-refractivity contribution in [3.8, 4) is 44.5 Å². The second-order valence-corrected chi connectivity index (χ2v) is 13.8. The van der Waals surface area contributed by atoms with Gasteiger partial charge in [0.15, 0.2) is 0 Å². The molecule has 53 heavy (non-hydrogen) atoms. The Morgan fingerprint density at radius 3 is 1.96 bits per heavy atom. The zero-order valence-electron chi connectivity index (χ0n) is 38.1. The van der Waals surface area contributed by atoms with Crippen molar-refractivity contribution in [3.05, 3.63) is 199 Å². The van der Waals surface area contributed by atoms with Crippen LogP contribution in [0.5, 0.6) is 0 Å². The number of nitrogens with zero attached hydrogens (tertiary/aromatic N) is 1. The number of fused-ring (bicyclic) bond motifs is 6. The van der Waals surface area contributed by atoms with Gasteiger partial charge in [0.1, 0.15) is 11.2 Å². The van der Waals surface area contributed by atoms with Crippen LogP contribution in [0.4, 0.5) is 17.1 Å². The average Bonchev–Trinajstić information content (AvgIpc) is 3.78. The molecule has 1 heterocycles. The van der Waals surface area contributed by atoms with Gasteiger partial charge in [-0.3, -0.25) is 0 Å². The van der Waals surface area contributed by atoms with Gasteiger partial charge >= 0.3 is 0 Å². The van der Waals surface area contributed by atoms with E-state index in [0.717, 1.165) is 49.9 Å². The standard InChI is InChI=1S/C51H37NO/c1-51(2)44-22-13-12-21-41(44)49-42(37-19-10-5-11-20-37)32-40(33-45(49)51)52(39-28-25-36(26-29-39)34-15-6-3-7-16-34)46-23-14-24-48-50(46)43-31-38(27-30-47(43)53-48)35-17-8-4-9-18-35/h3-33H,1-2H3/i3D,6D,7D,15D,16D,25D,26D,28D,29D. The smallest absolute Gasteiger partial charge is 0.137 e. The molecule has 8 aromatic carbocycles. The van der Waals surface area contributed by atoms with Crippen LogP contribution in [0.3, 0.4) is 0 Å². The highest BCUT2D eigenvalue weighted by molar-refractivity contribution is 6.14. The first kappa shape index (κ1) is 23.0. The minimum absolute atomic E-state index is 0.0792. The lowest BCUT2D eigenvalue weighted by atomic mass is 9.81. The van der Waals surface area contributed by atoms with Crippen LogP contribution in [0, 0.1) is 0 Å².